The fraction of sp³-hybridized carbons (Fsp3) is 0.294. The Balaban J connectivity index is 1.99. The number of nitrogens with zero attached hydrogens (tertiary/aromatic N) is 1. The lowest BCUT2D eigenvalue weighted by Gasteiger charge is -2.25. The van der Waals surface area contributed by atoms with Crippen LogP contribution in [0.1, 0.15) is 24.9 Å². The van der Waals surface area contributed by atoms with Crippen LogP contribution in [0.15, 0.2) is 59.1 Å². The molecule has 106 valence electrons. The van der Waals surface area contributed by atoms with E-state index in [4.69, 9.17) is 5.73 Å². The van der Waals surface area contributed by atoms with Gasteiger partial charge in [-0.15, -0.1) is 0 Å². The van der Waals surface area contributed by atoms with E-state index in [0.717, 1.165) is 24.0 Å². The number of hydrogen-bond acceptors (Lipinski definition) is 2. The molecule has 0 fully saturated rings. The van der Waals surface area contributed by atoms with Crippen molar-refractivity contribution in [3.63, 3.8) is 0 Å². The number of para-hydroxylation sites is 1. The third-order valence-corrected chi connectivity index (χ3v) is 4.24. The van der Waals surface area contributed by atoms with Crippen LogP contribution in [0.5, 0.6) is 0 Å². The second-order valence-electron chi connectivity index (χ2n) is 4.83. The van der Waals surface area contributed by atoms with Crippen molar-refractivity contribution in [2.75, 3.05) is 18.0 Å². The molecule has 3 heteroatoms. The van der Waals surface area contributed by atoms with Crippen molar-refractivity contribution < 1.29 is 0 Å². The summed E-state index contributed by atoms with van der Waals surface area (Å²) in [6.07, 6.45) is 0.936. The molecule has 0 amide bonds. The summed E-state index contributed by atoms with van der Waals surface area (Å²) in [6.45, 7) is 4.13. The topological polar surface area (TPSA) is 29.3 Å². The predicted octanol–water partition coefficient (Wildman–Crippen LogP) is 4.37. The summed E-state index contributed by atoms with van der Waals surface area (Å²) >= 11 is 3.57. The van der Waals surface area contributed by atoms with E-state index < -0.39 is 0 Å². The summed E-state index contributed by atoms with van der Waals surface area (Å²) in [5.41, 5.74) is 8.76. The summed E-state index contributed by atoms with van der Waals surface area (Å²) in [7, 11) is 0. The number of rotatable bonds is 6. The van der Waals surface area contributed by atoms with E-state index in [1.165, 1.54) is 11.3 Å². The molecule has 0 saturated heterocycles. The fourth-order valence-electron chi connectivity index (χ4n) is 2.33. The summed E-state index contributed by atoms with van der Waals surface area (Å²) in [4.78, 5) is 2.36. The van der Waals surface area contributed by atoms with E-state index in [1.807, 2.05) is 24.3 Å². The maximum Gasteiger partial charge on any atom is 0.0366 e. The maximum absolute atomic E-state index is 6.32. The Hall–Kier alpha value is -1.32. The van der Waals surface area contributed by atoms with Gasteiger partial charge in [0.1, 0.15) is 0 Å². The quantitative estimate of drug-likeness (QED) is 0.851. The number of halogens is 1. The molecule has 2 aromatic rings. The van der Waals surface area contributed by atoms with Crippen LogP contribution in [0.4, 0.5) is 5.69 Å². The fourth-order valence-corrected chi connectivity index (χ4v) is 2.91. The predicted molar refractivity (Wildman–Crippen MR) is 90.0 cm³/mol. The number of benzene rings is 2. The molecular formula is C17H21BrN2. The molecule has 2 nitrogen and oxygen atoms in total. The van der Waals surface area contributed by atoms with Gasteiger partial charge in [0, 0.05) is 29.3 Å². The molecule has 2 N–H and O–H groups in total. The molecular weight excluding hydrogens is 312 g/mol. The first-order valence-corrected chi connectivity index (χ1v) is 7.81. The van der Waals surface area contributed by atoms with Crippen LogP contribution < -0.4 is 10.6 Å². The highest BCUT2D eigenvalue weighted by atomic mass is 79.9. The third kappa shape index (κ3) is 3.84. The Kier molecular flexibility index (Phi) is 5.62. The molecule has 0 heterocycles. The van der Waals surface area contributed by atoms with Crippen LogP contribution in [-0.4, -0.2) is 13.1 Å². The van der Waals surface area contributed by atoms with Crippen LogP contribution in [0, 0.1) is 0 Å². The Morgan fingerprint density at radius 2 is 1.70 bits per heavy atom. The average molecular weight is 333 g/mol. The van der Waals surface area contributed by atoms with Crippen molar-refractivity contribution in [3.05, 3.63) is 64.6 Å². The zero-order valence-corrected chi connectivity index (χ0v) is 13.4. The molecule has 0 radical (unpaired) electrons. The maximum atomic E-state index is 6.32. The van der Waals surface area contributed by atoms with Gasteiger partial charge in [-0.1, -0.05) is 52.3 Å². The normalized spacial score (nSPS) is 12.2. The lowest BCUT2D eigenvalue weighted by atomic mass is 10.0. The highest BCUT2D eigenvalue weighted by Gasteiger charge is 2.11. The highest BCUT2D eigenvalue weighted by molar-refractivity contribution is 9.10. The van der Waals surface area contributed by atoms with Gasteiger partial charge < -0.3 is 10.6 Å². The van der Waals surface area contributed by atoms with Gasteiger partial charge in [0.15, 0.2) is 0 Å². The minimum Gasteiger partial charge on any atom is -0.372 e. The van der Waals surface area contributed by atoms with Gasteiger partial charge in [-0.25, -0.2) is 0 Å². The van der Waals surface area contributed by atoms with Crippen LogP contribution in [-0.2, 0) is 0 Å². The number of anilines is 1. The SMILES string of the molecule is CCN(CCC(N)c1ccccc1Br)c1ccccc1. The van der Waals surface area contributed by atoms with Gasteiger partial charge in [-0.3, -0.25) is 0 Å². The van der Waals surface area contributed by atoms with Crippen molar-refractivity contribution in [1.29, 1.82) is 0 Å². The Morgan fingerprint density at radius 1 is 1.05 bits per heavy atom. The van der Waals surface area contributed by atoms with Crippen molar-refractivity contribution >= 4 is 21.6 Å². The summed E-state index contributed by atoms with van der Waals surface area (Å²) < 4.78 is 1.09. The first kappa shape index (κ1) is 15.1. The van der Waals surface area contributed by atoms with E-state index in [0.29, 0.717) is 0 Å². The zero-order valence-electron chi connectivity index (χ0n) is 11.8. The number of hydrogen-bond donors (Lipinski definition) is 1. The van der Waals surface area contributed by atoms with E-state index in [9.17, 15) is 0 Å². The minimum atomic E-state index is 0.0586. The van der Waals surface area contributed by atoms with Crippen LogP contribution >= 0.6 is 15.9 Å². The lowest BCUT2D eigenvalue weighted by Crippen LogP contribution is -2.27. The summed E-state index contributed by atoms with van der Waals surface area (Å²) in [5.74, 6) is 0. The van der Waals surface area contributed by atoms with E-state index in [-0.39, 0.29) is 6.04 Å². The Labute approximate surface area is 129 Å². The molecule has 2 aromatic carbocycles. The van der Waals surface area contributed by atoms with Crippen molar-refractivity contribution in [2.45, 2.75) is 19.4 Å². The van der Waals surface area contributed by atoms with Crippen molar-refractivity contribution in [3.8, 4) is 0 Å². The molecule has 0 aromatic heterocycles. The van der Waals surface area contributed by atoms with Gasteiger partial charge in [-0.2, -0.15) is 0 Å². The van der Waals surface area contributed by atoms with Gasteiger partial charge in [0.2, 0.25) is 0 Å². The molecule has 0 bridgehead atoms. The van der Waals surface area contributed by atoms with E-state index in [2.05, 4.69) is 58.1 Å². The van der Waals surface area contributed by atoms with Crippen LogP contribution in [0.25, 0.3) is 0 Å². The average Bonchev–Trinajstić information content (AvgIpc) is 2.49. The molecule has 0 aliphatic carbocycles. The molecule has 0 spiro atoms. The summed E-state index contributed by atoms with van der Waals surface area (Å²) in [5, 5.41) is 0. The molecule has 20 heavy (non-hydrogen) atoms. The van der Waals surface area contributed by atoms with Gasteiger partial charge >= 0.3 is 0 Å². The van der Waals surface area contributed by atoms with E-state index >= 15 is 0 Å². The van der Waals surface area contributed by atoms with Crippen molar-refractivity contribution in [1.82, 2.24) is 0 Å². The molecule has 1 unspecified atom stereocenters. The molecule has 0 aliphatic heterocycles. The van der Waals surface area contributed by atoms with Crippen molar-refractivity contribution in [2.24, 2.45) is 5.73 Å². The second-order valence-corrected chi connectivity index (χ2v) is 5.69. The monoisotopic (exact) mass is 332 g/mol. The zero-order chi connectivity index (χ0) is 14.4. The van der Waals surface area contributed by atoms with E-state index in [1.54, 1.807) is 0 Å². The van der Waals surface area contributed by atoms with Crippen LogP contribution in [0.2, 0.25) is 0 Å². The molecule has 2 rings (SSSR count). The summed E-state index contributed by atoms with van der Waals surface area (Å²) in [6, 6.07) is 18.7. The molecule has 1 atom stereocenters. The standard InChI is InChI=1S/C17H21BrN2/c1-2-20(14-8-4-3-5-9-14)13-12-17(19)15-10-6-7-11-16(15)18/h3-11,17H,2,12-13,19H2,1H3. The lowest BCUT2D eigenvalue weighted by molar-refractivity contribution is 0.630. The largest absolute Gasteiger partial charge is 0.372 e. The minimum absolute atomic E-state index is 0.0586. The second kappa shape index (κ2) is 7.46. The van der Waals surface area contributed by atoms with Gasteiger partial charge in [-0.05, 0) is 37.1 Å². The van der Waals surface area contributed by atoms with Gasteiger partial charge in [0.25, 0.3) is 0 Å². The Bertz CT molecular complexity index is 528. The molecule has 0 saturated carbocycles. The third-order valence-electron chi connectivity index (χ3n) is 3.52. The highest BCUT2D eigenvalue weighted by Crippen LogP contribution is 2.24. The molecule has 0 aliphatic rings. The first-order chi connectivity index (χ1) is 9.72. The first-order valence-electron chi connectivity index (χ1n) is 7.02. The Morgan fingerprint density at radius 3 is 2.35 bits per heavy atom. The smallest absolute Gasteiger partial charge is 0.0366 e. The number of nitrogens with two attached hydrogens (primary N) is 1. The van der Waals surface area contributed by atoms with Gasteiger partial charge in [0.05, 0.1) is 0 Å². The van der Waals surface area contributed by atoms with Crippen LogP contribution in [0.3, 0.4) is 0 Å².